The van der Waals surface area contributed by atoms with Gasteiger partial charge in [-0.2, -0.15) is 0 Å². The van der Waals surface area contributed by atoms with E-state index in [9.17, 15) is 9.90 Å². The molecule has 2 atom stereocenters. The smallest absolute Gasteiger partial charge is 0.234 e. The molecule has 1 amide bonds. The normalized spacial score (nSPS) is 24.1. The van der Waals surface area contributed by atoms with Crippen molar-refractivity contribution in [2.45, 2.75) is 25.1 Å². The number of likely N-dealkylation sites (tertiary alicyclic amines) is 1. The van der Waals surface area contributed by atoms with Gasteiger partial charge in [0, 0.05) is 17.8 Å². The number of hydrogen-bond donors (Lipinski definition) is 2. The van der Waals surface area contributed by atoms with Crippen LogP contribution in [-0.2, 0) is 11.3 Å². The van der Waals surface area contributed by atoms with E-state index in [1.54, 1.807) is 11.3 Å². The number of amides is 1. The maximum atomic E-state index is 11.4. The Kier molecular flexibility index (Phi) is 3.26. The molecule has 5 heteroatoms. The van der Waals surface area contributed by atoms with Crippen molar-refractivity contribution >= 4 is 27.3 Å². The molecule has 0 radical (unpaired) electrons. The molecule has 3 N–H and O–H groups in total. The maximum Gasteiger partial charge on any atom is 0.234 e. The molecule has 1 aliphatic heterocycles. The fourth-order valence-electron chi connectivity index (χ4n) is 2.72. The lowest BCUT2D eigenvalue weighted by Gasteiger charge is -2.21. The van der Waals surface area contributed by atoms with Crippen molar-refractivity contribution < 1.29 is 9.90 Å². The Morgan fingerprint density at radius 1 is 1.47 bits per heavy atom. The van der Waals surface area contributed by atoms with Crippen LogP contribution in [0.4, 0.5) is 0 Å². The SMILES string of the molecule is NC(=O)[C@@H]1C[C@@H](O)CN1Cc1csc2ccccc12. The average Bonchev–Trinajstić information content (AvgIpc) is 2.95. The summed E-state index contributed by atoms with van der Waals surface area (Å²) in [5.74, 6) is -0.351. The minimum Gasteiger partial charge on any atom is -0.392 e. The highest BCUT2D eigenvalue weighted by Gasteiger charge is 2.34. The third kappa shape index (κ3) is 2.36. The molecule has 1 aliphatic rings. The molecule has 100 valence electrons. The van der Waals surface area contributed by atoms with Crippen LogP contribution in [0.3, 0.4) is 0 Å². The van der Waals surface area contributed by atoms with Crippen LogP contribution in [0.5, 0.6) is 0 Å². The van der Waals surface area contributed by atoms with Crippen LogP contribution in [0.25, 0.3) is 10.1 Å². The Morgan fingerprint density at radius 2 is 2.26 bits per heavy atom. The first-order valence-electron chi connectivity index (χ1n) is 6.31. The number of hydrogen-bond acceptors (Lipinski definition) is 4. The molecule has 0 bridgehead atoms. The van der Waals surface area contributed by atoms with Crippen molar-refractivity contribution in [2.75, 3.05) is 6.54 Å². The molecule has 0 saturated carbocycles. The van der Waals surface area contributed by atoms with E-state index in [0.29, 0.717) is 19.5 Å². The van der Waals surface area contributed by atoms with Gasteiger partial charge in [0.1, 0.15) is 0 Å². The molecule has 19 heavy (non-hydrogen) atoms. The van der Waals surface area contributed by atoms with Gasteiger partial charge in [-0.3, -0.25) is 9.69 Å². The van der Waals surface area contributed by atoms with Gasteiger partial charge in [0.05, 0.1) is 12.1 Å². The van der Waals surface area contributed by atoms with Crippen LogP contribution >= 0.6 is 11.3 Å². The summed E-state index contributed by atoms with van der Waals surface area (Å²) in [7, 11) is 0. The molecular weight excluding hydrogens is 260 g/mol. The van der Waals surface area contributed by atoms with E-state index < -0.39 is 6.10 Å². The Morgan fingerprint density at radius 3 is 3.05 bits per heavy atom. The minimum atomic E-state index is -0.456. The standard InChI is InChI=1S/C14H16N2O2S/c15-14(18)12-5-10(17)7-16(12)6-9-8-19-13-4-2-1-3-11(9)13/h1-4,8,10,12,17H,5-7H2,(H2,15,18)/t10-,12+/m1/s1. The maximum absolute atomic E-state index is 11.4. The summed E-state index contributed by atoms with van der Waals surface area (Å²) in [6, 6.07) is 7.87. The Labute approximate surface area is 115 Å². The fourth-order valence-corrected chi connectivity index (χ4v) is 3.68. The summed E-state index contributed by atoms with van der Waals surface area (Å²) < 4.78 is 1.24. The van der Waals surface area contributed by atoms with Crippen molar-refractivity contribution in [1.29, 1.82) is 0 Å². The lowest BCUT2D eigenvalue weighted by Crippen LogP contribution is -2.39. The monoisotopic (exact) mass is 276 g/mol. The van der Waals surface area contributed by atoms with Gasteiger partial charge in [0.15, 0.2) is 0 Å². The Balaban J connectivity index is 1.86. The fraction of sp³-hybridized carbons (Fsp3) is 0.357. The quantitative estimate of drug-likeness (QED) is 0.888. The second-order valence-corrected chi connectivity index (χ2v) is 5.91. The molecule has 0 aliphatic carbocycles. The Bertz CT molecular complexity index is 610. The first-order valence-corrected chi connectivity index (χ1v) is 7.19. The highest BCUT2D eigenvalue weighted by molar-refractivity contribution is 7.17. The largest absolute Gasteiger partial charge is 0.392 e. The molecule has 1 aromatic heterocycles. The van der Waals surface area contributed by atoms with Crippen LogP contribution < -0.4 is 5.73 Å². The van der Waals surface area contributed by atoms with E-state index in [-0.39, 0.29) is 11.9 Å². The number of primary amides is 1. The molecule has 0 unspecified atom stereocenters. The zero-order valence-corrected chi connectivity index (χ0v) is 11.3. The summed E-state index contributed by atoms with van der Waals surface area (Å²) >= 11 is 1.70. The van der Waals surface area contributed by atoms with Gasteiger partial charge in [-0.15, -0.1) is 11.3 Å². The molecule has 4 nitrogen and oxygen atoms in total. The number of β-amino-alcohol motifs (C(OH)–C–C–N with tert-alkyl or cyclic N) is 1. The van der Waals surface area contributed by atoms with Gasteiger partial charge in [0.2, 0.25) is 5.91 Å². The first kappa shape index (κ1) is 12.6. The number of carbonyl (C=O) groups excluding carboxylic acids is 1. The van der Waals surface area contributed by atoms with Gasteiger partial charge < -0.3 is 10.8 Å². The van der Waals surface area contributed by atoms with Crippen molar-refractivity contribution in [3.8, 4) is 0 Å². The highest BCUT2D eigenvalue weighted by Crippen LogP contribution is 2.29. The molecule has 2 heterocycles. The second kappa shape index (κ2) is 4.92. The van der Waals surface area contributed by atoms with Gasteiger partial charge >= 0.3 is 0 Å². The zero-order chi connectivity index (χ0) is 13.4. The summed E-state index contributed by atoms with van der Waals surface area (Å²) in [6.07, 6.45) is -0.0142. The molecule has 3 rings (SSSR count). The van der Waals surface area contributed by atoms with E-state index in [1.807, 2.05) is 17.0 Å². The number of benzene rings is 1. The van der Waals surface area contributed by atoms with E-state index in [0.717, 1.165) is 0 Å². The molecule has 0 spiro atoms. The average molecular weight is 276 g/mol. The summed E-state index contributed by atoms with van der Waals surface area (Å²) in [5.41, 5.74) is 6.60. The number of nitrogens with two attached hydrogens (primary N) is 1. The highest BCUT2D eigenvalue weighted by atomic mass is 32.1. The summed E-state index contributed by atoms with van der Waals surface area (Å²) in [6.45, 7) is 1.17. The molecule has 1 fully saturated rings. The van der Waals surface area contributed by atoms with Crippen molar-refractivity contribution in [3.05, 3.63) is 35.2 Å². The van der Waals surface area contributed by atoms with Crippen LogP contribution in [0, 0.1) is 0 Å². The van der Waals surface area contributed by atoms with E-state index in [1.165, 1.54) is 15.6 Å². The van der Waals surface area contributed by atoms with Crippen molar-refractivity contribution in [2.24, 2.45) is 5.73 Å². The number of aliphatic hydroxyl groups excluding tert-OH is 1. The number of rotatable bonds is 3. The molecule has 1 saturated heterocycles. The van der Waals surface area contributed by atoms with Crippen molar-refractivity contribution in [3.63, 3.8) is 0 Å². The number of nitrogens with zero attached hydrogens (tertiary/aromatic N) is 1. The number of aliphatic hydroxyl groups is 1. The number of carbonyl (C=O) groups is 1. The number of thiophene rings is 1. The second-order valence-electron chi connectivity index (χ2n) is 4.99. The zero-order valence-electron chi connectivity index (χ0n) is 10.5. The van der Waals surface area contributed by atoms with Crippen molar-refractivity contribution in [1.82, 2.24) is 4.90 Å². The van der Waals surface area contributed by atoms with Gasteiger partial charge in [-0.05, 0) is 28.8 Å². The van der Waals surface area contributed by atoms with Crippen LogP contribution in [0.1, 0.15) is 12.0 Å². The molecule has 1 aromatic carbocycles. The van der Waals surface area contributed by atoms with E-state index in [4.69, 9.17) is 5.73 Å². The minimum absolute atomic E-state index is 0.351. The van der Waals surface area contributed by atoms with Crippen LogP contribution in [0.15, 0.2) is 29.6 Å². The van der Waals surface area contributed by atoms with E-state index >= 15 is 0 Å². The topological polar surface area (TPSA) is 66.6 Å². The van der Waals surface area contributed by atoms with Crippen LogP contribution in [-0.4, -0.2) is 34.6 Å². The molecular formula is C14H16N2O2S. The van der Waals surface area contributed by atoms with Gasteiger partial charge in [-0.1, -0.05) is 18.2 Å². The van der Waals surface area contributed by atoms with Crippen LogP contribution in [0.2, 0.25) is 0 Å². The van der Waals surface area contributed by atoms with Gasteiger partial charge in [-0.25, -0.2) is 0 Å². The van der Waals surface area contributed by atoms with Gasteiger partial charge in [0.25, 0.3) is 0 Å². The third-order valence-corrected chi connectivity index (χ3v) is 4.66. The Hall–Kier alpha value is -1.43. The predicted molar refractivity (Wildman–Crippen MR) is 75.8 cm³/mol. The molecule has 2 aromatic rings. The summed E-state index contributed by atoms with van der Waals surface area (Å²) in [4.78, 5) is 13.4. The predicted octanol–water partition coefficient (Wildman–Crippen LogP) is 1.32. The van der Waals surface area contributed by atoms with E-state index in [2.05, 4.69) is 17.5 Å². The lowest BCUT2D eigenvalue weighted by molar-refractivity contribution is -0.122. The lowest BCUT2D eigenvalue weighted by atomic mass is 10.1. The number of fused-ring (bicyclic) bond motifs is 1. The first-order chi connectivity index (χ1) is 9.15. The summed E-state index contributed by atoms with van der Waals surface area (Å²) in [5, 5.41) is 13.1. The third-order valence-electron chi connectivity index (χ3n) is 3.64.